The van der Waals surface area contributed by atoms with Gasteiger partial charge in [0.2, 0.25) is 15.9 Å². The number of nitrogens with zero attached hydrogens (tertiary/aromatic N) is 2. The summed E-state index contributed by atoms with van der Waals surface area (Å²) in [6, 6.07) is 13.5. The van der Waals surface area contributed by atoms with E-state index >= 15 is 0 Å². The summed E-state index contributed by atoms with van der Waals surface area (Å²) < 4.78 is 32.8. The van der Waals surface area contributed by atoms with Crippen LogP contribution in [0.5, 0.6) is 5.75 Å². The van der Waals surface area contributed by atoms with E-state index < -0.39 is 16.1 Å². The molecule has 7 nitrogen and oxygen atoms in total. The van der Waals surface area contributed by atoms with E-state index in [1.54, 1.807) is 11.8 Å². The number of carbonyl (C=O) groups excluding carboxylic acids is 1. The Morgan fingerprint density at radius 2 is 1.80 bits per heavy atom. The number of piperazine rings is 1. The first-order valence-corrected chi connectivity index (χ1v) is 11.6. The smallest absolute Gasteiger partial charge is 0.241 e. The zero-order chi connectivity index (χ0) is 21.7. The molecule has 0 bridgehead atoms. The molecule has 3 rings (SSSR count). The van der Waals surface area contributed by atoms with Crippen LogP contribution < -0.4 is 9.46 Å². The standard InChI is InChI=1S/C21H26ClN3O4S/c1-16(23-30(27,28)18-8-9-20(29-2)19(22)14-18)21(26)25-12-10-24(11-13-25)15-17-6-4-3-5-7-17/h3-9,14,16,23H,10-13,15H2,1-2H3/t16-/m0/s1. The monoisotopic (exact) mass is 451 g/mol. The molecule has 30 heavy (non-hydrogen) atoms. The molecule has 1 fully saturated rings. The highest BCUT2D eigenvalue weighted by Crippen LogP contribution is 2.27. The molecule has 1 N–H and O–H groups in total. The molecule has 0 unspecified atom stereocenters. The van der Waals surface area contributed by atoms with Gasteiger partial charge in [-0.05, 0) is 30.7 Å². The fraction of sp³-hybridized carbons (Fsp3) is 0.381. The summed E-state index contributed by atoms with van der Waals surface area (Å²) in [5.74, 6) is 0.144. The van der Waals surface area contributed by atoms with E-state index in [-0.39, 0.29) is 15.8 Å². The molecule has 1 atom stereocenters. The normalized spacial score (nSPS) is 16.3. The van der Waals surface area contributed by atoms with Crippen LogP contribution in [0.3, 0.4) is 0 Å². The van der Waals surface area contributed by atoms with Crippen LogP contribution in [0.2, 0.25) is 5.02 Å². The lowest BCUT2D eigenvalue weighted by Crippen LogP contribution is -2.53. The molecule has 0 saturated carbocycles. The Labute approximate surface area is 182 Å². The highest BCUT2D eigenvalue weighted by atomic mass is 35.5. The number of nitrogens with one attached hydrogen (secondary N) is 1. The molecule has 1 aliphatic rings. The second kappa shape index (κ2) is 9.78. The molecule has 1 saturated heterocycles. The number of rotatable bonds is 7. The molecule has 0 aliphatic carbocycles. The van der Waals surface area contributed by atoms with Gasteiger partial charge in [-0.15, -0.1) is 0 Å². The molecule has 0 radical (unpaired) electrons. The van der Waals surface area contributed by atoms with Crippen molar-refractivity contribution in [3.8, 4) is 5.75 Å². The quantitative estimate of drug-likeness (QED) is 0.699. The Morgan fingerprint density at radius 3 is 2.40 bits per heavy atom. The lowest BCUT2D eigenvalue weighted by atomic mass is 10.2. The number of methoxy groups -OCH3 is 1. The molecule has 2 aromatic rings. The minimum Gasteiger partial charge on any atom is -0.495 e. The summed E-state index contributed by atoms with van der Waals surface area (Å²) >= 11 is 6.03. The van der Waals surface area contributed by atoms with Gasteiger partial charge in [0.05, 0.1) is 23.1 Å². The summed E-state index contributed by atoms with van der Waals surface area (Å²) in [7, 11) is -2.44. The molecular formula is C21H26ClN3O4S. The lowest BCUT2D eigenvalue weighted by molar-refractivity contribution is -0.134. The zero-order valence-corrected chi connectivity index (χ0v) is 18.6. The van der Waals surface area contributed by atoms with Gasteiger partial charge in [-0.25, -0.2) is 8.42 Å². The first-order valence-electron chi connectivity index (χ1n) is 9.71. The lowest BCUT2D eigenvalue weighted by Gasteiger charge is -2.36. The summed E-state index contributed by atoms with van der Waals surface area (Å²) in [5.41, 5.74) is 1.23. The van der Waals surface area contributed by atoms with Crippen LogP contribution in [0.25, 0.3) is 0 Å². The Hall–Kier alpha value is -2.13. The number of halogens is 1. The third kappa shape index (κ3) is 5.51. The number of hydrogen-bond donors (Lipinski definition) is 1. The van der Waals surface area contributed by atoms with E-state index in [4.69, 9.17) is 16.3 Å². The van der Waals surface area contributed by atoms with Crippen LogP contribution in [0.1, 0.15) is 12.5 Å². The van der Waals surface area contributed by atoms with Crippen molar-refractivity contribution in [3.63, 3.8) is 0 Å². The fourth-order valence-corrected chi connectivity index (χ4v) is 4.95. The Kier molecular flexibility index (Phi) is 7.36. The van der Waals surface area contributed by atoms with Crippen LogP contribution in [0, 0.1) is 0 Å². The Morgan fingerprint density at radius 1 is 1.13 bits per heavy atom. The predicted octanol–water partition coefficient (Wildman–Crippen LogP) is 2.36. The van der Waals surface area contributed by atoms with Crippen LogP contribution in [0.15, 0.2) is 53.4 Å². The number of sulfonamides is 1. The van der Waals surface area contributed by atoms with Crippen molar-refractivity contribution in [3.05, 3.63) is 59.1 Å². The number of amides is 1. The van der Waals surface area contributed by atoms with Gasteiger partial charge in [0.1, 0.15) is 5.75 Å². The summed E-state index contributed by atoms with van der Waals surface area (Å²) in [6.07, 6.45) is 0. The average molecular weight is 452 g/mol. The molecule has 1 aliphatic heterocycles. The second-order valence-electron chi connectivity index (χ2n) is 7.23. The second-order valence-corrected chi connectivity index (χ2v) is 9.35. The third-order valence-corrected chi connectivity index (χ3v) is 6.90. The maximum Gasteiger partial charge on any atom is 0.241 e. The molecule has 2 aromatic carbocycles. The van der Waals surface area contributed by atoms with E-state index in [9.17, 15) is 13.2 Å². The van der Waals surface area contributed by atoms with Gasteiger partial charge in [-0.2, -0.15) is 4.72 Å². The highest BCUT2D eigenvalue weighted by molar-refractivity contribution is 7.89. The van der Waals surface area contributed by atoms with Gasteiger partial charge in [0, 0.05) is 32.7 Å². The number of carbonyl (C=O) groups is 1. The van der Waals surface area contributed by atoms with Crippen LogP contribution in [-0.2, 0) is 21.4 Å². The van der Waals surface area contributed by atoms with Gasteiger partial charge in [0.15, 0.2) is 0 Å². The van der Waals surface area contributed by atoms with Crippen molar-refractivity contribution < 1.29 is 17.9 Å². The molecule has 1 heterocycles. The number of ether oxygens (including phenoxy) is 1. The van der Waals surface area contributed by atoms with Crippen LogP contribution in [0.4, 0.5) is 0 Å². The Balaban J connectivity index is 1.56. The fourth-order valence-electron chi connectivity index (χ4n) is 3.41. The van der Waals surface area contributed by atoms with E-state index in [2.05, 4.69) is 21.8 Å². The van der Waals surface area contributed by atoms with Crippen molar-refractivity contribution in [1.29, 1.82) is 0 Å². The minimum atomic E-state index is -3.89. The number of benzene rings is 2. The van der Waals surface area contributed by atoms with Gasteiger partial charge < -0.3 is 9.64 Å². The van der Waals surface area contributed by atoms with Crippen molar-refractivity contribution in [2.75, 3.05) is 33.3 Å². The molecule has 0 spiro atoms. The van der Waals surface area contributed by atoms with E-state index in [0.29, 0.717) is 18.8 Å². The van der Waals surface area contributed by atoms with Crippen molar-refractivity contribution >= 4 is 27.5 Å². The maximum absolute atomic E-state index is 12.8. The van der Waals surface area contributed by atoms with E-state index in [1.165, 1.54) is 30.9 Å². The molecule has 1 amide bonds. The zero-order valence-electron chi connectivity index (χ0n) is 17.0. The SMILES string of the molecule is COc1ccc(S(=O)(=O)N[C@@H](C)C(=O)N2CCN(Cc3ccccc3)CC2)cc1Cl. The topological polar surface area (TPSA) is 78.9 Å². The minimum absolute atomic E-state index is 0.0133. The maximum atomic E-state index is 12.8. The molecular weight excluding hydrogens is 426 g/mol. The first kappa shape index (κ1) is 22.6. The van der Waals surface area contributed by atoms with Crippen molar-refractivity contribution in [2.45, 2.75) is 24.4 Å². The van der Waals surface area contributed by atoms with Gasteiger partial charge in [0.25, 0.3) is 0 Å². The highest BCUT2D eigenvalue weighted by Gasteiger charge is 2.28. The summed E-state index contributed by atoms with van der Waals surface area (Å²) in [6.45, 7) is 5.01. The number of hydrogen-bond acceptors (Lipinski definition) is 5. The van der Waals surface area contributed by atoms with Crippen molar-refractivity contribution in [1.82, 2.24) is 14.5 Å². The van der Waals surface area contributed by atoms with E-state index in [1.807, 2.05) is 18.2 Å². The molecule has 162 valence electrons. The van der Waals surface area contributed by atoms with Gasteiger partial charge in [-0.3, -0.25) is 9.69 Å². The van der Waals surface area contributed by atoms with E-state index in [0.717, 1.165) is 19.6 Å². The van der Waals surface area contributed by atoms with Crippen LogP contribution in [-0.4, -0.2) is 63.5 Å². The summed E-state index contributed by atoms with van der Waals surface area (Å²) in [5, 5.41) is 0.189. The average Bonchev–Trinajstić information content (AvgIpc) is 2.74. The van der Waals surface area contributed by atoms with Crippen molar-refractivity contribution in [2.24, 2.45) is 0 Å². The molecule has 0 aromatic heterocycles. The predicted molar refractivity (Wildman–Crippen MR) is 116 cm³/mol. The van der Waals surface area contributed by atoms with Crippen LogP contribution >= 0.6 is 11.6 Å². The third-order valence-electron chi connectivity index (χ3n) is 5.07. The van der Waals surface area contributed by atoms with Gasteiger partial charge in [-0.1, -0.05) is 41.9 Å². The summed E-state index contributed by atoms with van der Waals surface area (Å²) in [4.78, 5) is 16.7. The molecule has 9 heteroatoms. The Bertz CT molecular complexity index is 977. The first-order chi connectivity index (χ1) is 14.3. The van der Waals surface area contributed by atoms with Gasteiger partial charge >= 0.3 is 0 Å². The largest absolute Gasteiger partial charge is 0.495 e.